The minimum atomic E-state index is -4.20. The molecule has 0 fully saturated rings. The van der Waals surface area contributed by atoms with Gasteiger partial charge in [0, 0.05) is 0 Å². The quantitative estimate of drug-likeness (QED) is 0.776. The van der Waals surface area contributed by atoms with Gasteiger partial charge < -0.3 is 5.11 Å². The topological polar surface area (TPSA) is 74.6 Å². The SMILES string of the molecule is CCc1cc(S(=O)(=O)O)cc(CC)c1O. The predicted octanol–water partition coefficient (Wildman–Crippen LogP) is 1.76. The van der Waals surface area contributed by atoms with Crippen LogP contribution in [0, 0.1) is 0 Å². The van der Waals surface area contributed by atoms with Crippen LogP contribution in [-0.4, -0.2) is 18.1 Å². The molecule has 0 aliphatic rings. The van der Waals surface area contributed by atoms with Crippen molar-refractivity contribution in [2.75, 3.05) is 0 Å². The Morgan fingerprint density at radius 2 is 1.53 bits per heavy atom. The number of benzene rings is 1. The van der Waals surface area contributed by atoms with Crippen LogP contribution in [0.4, 0.5) is 0 Å². The molecule has 0 saturated carbocycles. The third-order valence-electron chi connectivity index (χ3n) is 2.30. The Balaban J connectivity index is 3.47. The molecule has 84 valence electrons. The van der Waals surface area contributed by atoms with Gasteiger partial charge in [-0.25, -0.2) is 0 Å². The summed E-state index contributed by atoms with van der Waals surface area (Å²) < 4.78 is 30.8. The van der Waals surface area contributed by atoms with E-state index in [-0.39, 0.29) is 10.6 Å². The molecule has 0 spiro atoms. The maximum Gasteiger partial charge on any atom is 0.294 e. The highest BCUT2D eigenvalue weighted by Gasteiger charge is 2.15. The van der Waals surface area contributed by atoms with E-state index in [1.165, 1.54) is 12.1 Å². The van der Waals surface area contributed by atoms with E-state index in [0.29, 0.717) is 24.0 Å². The van der Waals surface area contributed by atoms with Crippen LogP contribution in [0.15, 0.2) is 17.0 Å². The first-order chi connectivity index (χ1) is 6.90. The minimum absolute atomic E-state index is 0.118. The smallest absolute Gasteiger partial charge is 0.294 e. The summed E-state index contributed by atoms with van der Waals surface area (Å²) in [6.07, 6.45) is 1.03. The number of hydrogen-bond acceptors (Lipinski definition) is 3. The lowest BCUT2D eigenvalue weighted by molar-refractivity contribution is 0.460. The lowest BCUT2D eigenvalue weighted by Crippen LogP contribution is -2.01. The van der Waals surface area contributed by atoms with Gasteiger partial charge in [-0.2, -0.15) is 8.42 Å². The Morgan fingerprint density at radius 1 is 1.13 bits per heavy atom. The van der Waals surface area contributed by atoms with E-state index in [1.807, 2.05) is 13.8 Å². The Labute approximate surface area is 89.3 Å². The van der Waals surface area contributed by atoms with Crippen LogP contribution in [0.25, 0.3) is 0 Å². The second-order valence-corrected chi connectivity index (χ2v) is 4.69. The van der Waals surface area contributed by atoms with Gasteiger partial charge in [-0.1, -0.05) is 13.8 Å². The zero-order valence-corrected chi connectivity index (χ0v) is 9.50. The summed E-state index contributed by atoms with van der Waals surface area (Å²) >= 11 is 0. The Bertz CT molecular complexity index is 437. The summed E-state index contributed by atoms with van der Waals surface area (Å²) in [5.74, 6) is 0.118. The molecule has 5 heteroatoms. The third-order valence-corrected chi connectivity index (χ3v) is 3.13. The van der Waals surface area contributed by atoms with E-state index < -0.39 is 10.1 Å². The highest BCUT2D eigenvalue weighted by atomic mass is 32.2. The predicted molar refractivity (Wildman–Crippen MR) is 56.7 cm³/mol. The molecule has 0 amide bonds. The minimum Gasteiger partial charge on any atom is -0.507 e. The molecule has 0 saturated heterocycles. The molecule has 4 nitrogen and oxygen atoms in total. The maximum atomic E-state index is 11.0. The zero-order valence-electron chi connectivity index (χ0n) is 8.69. The molecule has 0 aromatic heterocycles. The first-order valence-corrected chi connectivity index (χ1v) is 6.16. The molecule has 1 aromatic carbocycles. The fourth-order valence-corrected chi connectivity index (χ4v) is 2.00. The van der Waals surface area contributed by atoms with E-state index in [0.717, 1.165) is 0 Å². The average Bonchev–Trinajstić information content (AvgIpc) is 2.16. The van der Waals surface area contributed by atoms with Crippen molar-refractivity contribution in [2.45, 2.75) is 31.6 Å². The van der Waals surface area contributed by atoms with Gasteiger partial charge in [0.05, 0.1) is 4.90 Å². The van der Waals surface area contributed by atoms with Crippen LogP contribution in [0.3, 0.4) is 0 Å². The molecule has 1 rings (SSSR count). The highest BCUT2D eigenvalue weighted by molar-refractivity contribution is 7.85. The number of rotatable bonds is 3. The number of hydrogen-bond donors (Lipinski definition) is 2. The molecule has 0 heterocycles. The molecule has 0 aliphatic heterocycles. The summed E-state index contributed by atoms with van der Waals surface area (Å²) in [7, 11) is -4.20. The van der Waals surface area contributed by atoms with E-state index in [4.69, 9.17) is 4.55 Å². The molecule has 0 unspecified atom stereocenters. The molecule has 2 N–H and O–H groups in total. The van der Waals surface area contributed by atoms with E-state index in [2.05, 4.69) is 0 Å². The molecule has 15 heavy (non-hydrogen) atoms. The summed E-state index contributed by atoms with van der Waals surface area (Å²) in [5.41, 5.74) is 1.06. The summed E-state index contributed by atoms with van der Waals surface area (Å²) in [6.45, 7) is 3.62. The van der Waals surface area contributed by atoms with Crippen molar-refractivity contribution in [3.8, 4) is 5.75 Å². The van der Waals surface area contributed by atoms with Crippen LogP contribution < -0.4 is 0 Å². The standard InChI is InChI=1S/C10H14O4S/c1-3-7-5-9(15(12,13)14)6-8(4-2)10(7)11/h5-6,11H,3-4H2,1-2H3,(H,12,13,14). The lowest BCUT2D eigenvalue weighted by Gasteiger charge is -2.09. The summed E-state index contributed by atoms with van der Waals surface area (Å²) in [6, 6.07) is 2.59. The molecular formula is C10H14O4S. The van der Waals surface area contributed by atoms with Gasteiger partial charge in [0.1, 0.15) is 5.75 Å². The second kappa shape index (κ2) is 4.20. The van der Waals surface area contributed by atoms with Crippen molar-refractivity contribution in [2.24, 2.45) is 0 Å². The van der Waals surface area contributed by atoms with Gasteiger partial charge in [-0.15, -0.1) is 0 Å². The molecule has 0 atom stereocenters. The highest BCUT2D eigenvalue weighted by Crippen LogP contribution is 2.27. The van der Waals surface area contributed by atoms with Crippen LogP contribution in [0.5, 0.6) is 5.75 Å². The van der Waals surface area contributed by atoms with E-state index in [9.17, 15) is 13.5 Å². The van der Waals surface area contributed by atoms with Gasteiger partial charge >= 0.3 is 0 Å². The molecule has 1 aromatic rings. The summed E-state index contributed by atoms with van der Waals surface area (Å²) in [5, 5.41) is 9.70. The Hall–Kier alpha value is -1.07. The van der Waals surface area contributed by atoms with E-state index in [1.54, 1.807) is 0 Å². The third kappa shape index (κ3) is 2.49. The van der Waals surface area contributed by atoms with Crippen LogP contribution >= 0.6 is 0 Å². The first-order valence-electron chi connectivity index (χ1n) is 4.72. The Kier molecular flexibility index (Phi) is 3.36. The number of phenolic OH excluding ortho intramolecular Hbond substituents is 1. The fraction of sp³-hybridized carbons (Fsp3) is 0.400. The molecule has 0 radical (unpaired) electrons. The fourth-order valence-electron chi connectivity index (χ4n) is 1.42. The number of phenols is 1. The van der Waals surface area contributed by atoms with Gasteiger partial charge in [0.2, 0.25) is 0 Å². The molecule has 0 aliphatic carbocycles. The summed E-state index contributed by atoms with van der Waals surface area (Å²) in [4.78, 5) is -0.158. The number of aromatic hydroxyl groups is 1. The van der Waals surface area contributed by atoms with Crippen molar-refractivity contribution < 1.29 is 18.1 Å². The van der Waals surface area contributed by atoms with Crippen molar-refractivity contribution in [1.82, 2.24) is 0 Å². The van der Waals surface area contributed by atoms with Crippen LogP contribution in [0.2, 0.25) is 0 Å². The van der Waals surface area contributed by atoms with Crippen molar-refractivity contribution in [3.05, 3.63) is 23.3 Å². The largest absolute Gasteiger partial charge is 0.507 e. The number of aryl methyl sites for hydroxylation is 2. The lowest BCUT2D eigenvalue weighted by atomic mass is 10.1. The monoisotopic (exact) mass is 230 g/mol. The first kappa shape index (κ1) is 12.0. The van der Waals surface area contributed by atoms with Crippen molar-refractivity contribution >= 4 is 10.1 Å². The molecular weight excluding hydrogens is 216 g/mol. The normalized spacial score (nSPS) is 11.7. The maximum absolute atomic E-state index is 11.0. The van der Waals surface area contributed by atoms with E-state index >= 15 is 0 Å². The Morgan fingerprint density at radius 3 is 1.80 bits per heavy atom. The molecule has 0 bridgehead atoms. The van der Waals surface area contributed by atoms with Crippen molar-refractivity contribution in [1.29, 1.82) is 0 Å². The zero-order chi connectivity index (χ0) is 11.6. The van der Waals surface area contributed by atoms with Crippen LogP contribution in [0.1, 0.15) is 25.0 Å². The average molecular weight is 230 g/mol. The van der Waals surface area contributed by atoms with Gasteiger partial charge in [0.25, 0.3) is 10.1 Å². The van der Waals surface area contributed by atoms with Crippen molar-refractivity contribution in [3.63, 3.8) is 0 Å². The second-order valence-electron chi connectivity index (χ2n) is 3.27. The van der Waals surface area contributed by atoms with Gasteiger partial charge in [-0.3, -0.25) is 4.55 Å². The van der Waals surface area contributed by atoms with Gasteiger partial charge in [-0.05, 0) is 36.1 Å². The van der Waals surface area contributed by atoms with Gasteiger partial charge in [0.15, 0.2) is 0 Å². The van der Waals surface area contributed by atoms with Crippen LogP contribution in [-0.2, 0) is 23.0 Å².